The van der Waals surface area contributed by atoms with E-state index in [-0.39, 0.29) is 0 Å². The number of hydrogen-bond acceptors (Lipinski definition) is 5. The van der Waals surface area contributed by atoms with Crippen molar-refractivity contribution >= 4 is 15.7 Å². The Kier molecular flexibility index (Phi) is 4.75. The summed E-state index contributed by atoms with van der Waals surface area (Å²) in [5.74, 6) is 0. The van der Waals surface area contributed by atoms with Crippen molar-refractivity contribution in [3.05, 3.63) is 53.3 Å². The molecular formula is C18H20N4O2S. The highest BCUT2D eigenvalue weighted by atomic mass is 32.2. The number of aromatic nitrogens is 1. The van der Waals surface area contributed by atoms with Crippen molar-refractivity contribution in [1.29, 1.82) is 5.26 Å². The van der Waals surface area contributed by atoms with Crippen molar-refractivity contribution in [2.45, 2.75) is 18.7 Å². The monoisotopic (exact) mass is 356 g/mol. The van der Waals surface area contributed by atoms with Crippen LogP contribution in [-0.4, -0.2) is 43.9 Å². The molecule has 6 nitrogen and oxygen atoms in total. The maximum absolute atomic E-state index is 12.9. The van der Waals surface area contributed by atoms with Crippen LogP contribution in [-0.2, 0) is 10.0 Å². The van der Waals surface area contributed by atoms with Gasteiger partial charge >= 0.3 is 0 Å². The molecule has 2 heterocycles. The molecule has 3 rings (SSSR count). The Hall–Kier alpha value is -2.43. The largest absolute Gasteiger partial charge is 0.368 e. The number of nitriles is 1. The van der Waals surface area contributed by atoms with Crippen LogP contribution in [0.25, 0.3) is 0 Å². The number of rotatable bonds is 3. The molecule has 1 saturated heterocycles. The van der Waals surface area contributed by atoms with E-state index in [4.69, 9.17) is 5.26 Å². The van der Waals surface area contributed by atoms with Crippen LogP contribution in [0.4, 0.5) is 5.69 Å². The molecule has 2 aromatic rings. The number of aryl methyl sites for hydroxylation is 2. The summed E-state index contributed by atoms with van der Waals surface area (Å²) in [6.07, 6.45) is 1.66. The van der Waals surface area contributed by atoms with Crippen LogP contribution >= 0.6 is 0 Å². The number of anilines is 1. The Balaban J connectivity index is 1.73. The third kappa shape index (κ3) is 3.50. The molecule has 0 saturated carbocycles. The molecule has 1 aliphatic rings. The van der Waals surface area contributed by atoms with Gasteiger partial charge in [-0.05, 0) is 37.6 Å². The number of sulfonamides is 1. The number of piperazine rings is 1. The van der Waals surface area contributed by atoms with E-state index in [2.05, 4.69) is 9.88 Å². The lowest BCUT2D eigenvalue weighted by molar-refractivity contribution is 0.384. The molecule has 0 amide bonds. The zero-order valence-electron chi connectivity index (χ0n) is 14.3. The third-order valence-electron chi connectivity index (χ3n) is 4.41. The van der Waals surface area contributed by atoms with Crippen LogP contribution in [0.2, 0.25) is 0 Å². The van der Waals surface area contributed by atoms with Gasteiger partial charge in [0.2, 0.25) is 10.0 Å². The van der Waals surface area contributed by atoms with Gasteiger partial charge in [-0.2, -0.15) is 9.57 Å². The Morgan fingerprint density at radius 2 is 1.80 bits per heavy atom. The predicted molar refractivity (Wildman–Crippen MR) is 95.8 cm³/mol. The van der Waals surface area contributed by atoms with E-state index in [0.29, 0.717) is 36.8 Å². The molecule has 0 aliphatic carbocycles. The second-order valence-corrected chi connectivity index (χ2v) is 8.08. The first-order chi connectivity index (χ1) is 11.9. The Bertz CT molecular complexity index is 909. The quantitative estimate of drug-likeness (QED) is 0.841. The second kappa shape index (κ2) is 6.82. The summed E-state index contributed by atoms with van der Waals surface area (Å²) in [5.41, 5.74) is 3.11. The van der Waals surface area contributed by atoms with E-state index in [1.807, 2.05) is 38.1 Å². The molecule has 25 heavy (non-hydrogen) atoms. The van der Waals surface area contributed by atoms with Gasteiger partial charge in [0.15, 0.2) is 0 Å². The average Bonchev–Trinajstić information content (AvgIpc) is 2.61. The molecule has 7 heteroatoms. The summed E-state index contributed by atoms with van der Waals surface area (Å²) in [6.45, 7) is 5.83. The van der Waals surface area contributed by atoms with Gasteiger partial charge in [-0.3, -0.25) is 0 Å². The van der Waals surface area contributed by atoms with Gasteiger partial charge in [0, 0.05) is 26.2 Å². The van der Waals surface area contributed by atoms with Gasteiger partial charge in [-0.1, -0.05) is 17.7 Å². The summed E-state index contributed by atoms with van der Waals surface area (Å²) >= 11 is 0. The van der Waals surface area contributed by atoms with Gasteiger partial charge in [0.05, 0.1) is 16.8 Å². The smallest absolute Gasteiger partial charge is 0.243 e. The van der Waals surface area contributed by atoms with Crippen molar-refractivity contribution in [3.8, 4) is 6.07 Å². The Morgan fingerprint density at radius 1 is 1.08 bits per heavy atom. The first kappa shape index (κ1) is 17.4. The van der Waals surface area contributed by atoms with Crippen LogP contribution in [0.15, 0.2) is 41.4 Å². The third-order valence-corrected chi connectivity index (χ3v) is 6.47. The standard InChI is InChI=1S/C18H20N4O2S/c1-14-3-6-18(15(2)11-14)25(23,24)22-9-7-21(8-10-22)17-5-4-16(12-19)20-13-17/h3-6,11,13H,7-10H2,1-2H3. The maximum Gasteiger partial charge on any atom is 0.243 e. The topological polar surface area (TPSA) is 77.3 Å². The summed E-state index contributed by atoms with van der Waals surface area (Å²) in [6, 6.07) is 10.9. The van der Waals surface area contributed by atoms with Crippen LogP contribution in [0.5, 0.6) is 0 Å². The zero-order chi connectivity index (χ0) is 18.0. The van der Waals surface area contributed by atoms with E-state index in [0.717, 1.165) is 16.8 Å². The minimum Gasteiger partial charge on any atom is -0.368 e. The zero-order valence-corrected chi connectivity index (χ0v) is 15.1. The predicted octanol–water partition coefficient (Wildman–Crippen LogP) is 2.08. The molecule has 1 aromatic heterocycles. The molecule has 0 spiro atoms. The van der Waals surface area contributed by atoms with E-state index in [9.17, 15) is 8.42 Å². The Morgan fingerprint density at radius 3 is 2.36 bits per heavy atom. The molecule has 0 bridgehead atoms. The van der Waals surface area contributed by atoms with Crippen molar-refractivity contribution in [1.82, 2.24) is 9.29 Å². The summed E-state index contributed by atoms with van der Waals surface area (Å²) in [7, 11) is -3.48. The van der Waals surface area contributed by atoms with E-state index < -0.39 is 10.0 Å². The minimum absolute atomic E-state index is 0.375. The molecule has 0 unspecified atom stereocenters. The first-order valence-electron chi connectivity index (χ1n) is 8.10. The molecule has 1 aliphatic heterocycles. The molecule has 0 N–H and O–H groups in total. The van der Waals surface area contributed by atoms with Crippen LogP contribution in [0.3, 0.4) is 0 Å². The number of pyridine rings is 1. The maximum atomic E-state index is 12.9. The number of benzene rings is 1. The van der Waals surface area contributed by atoms with Crippen molar-refractivity contribution in [2.24, 2.45) is 0 Å². The second-order valence-electron chi connectivity index (χ2n) is 6.17. The van der Waals surface area contributed by atoms with Crippen LogP contribution in [0.1, 0.15) is 16.8 Å². The molecule has 1 aromatic carbocycles. The first-order valence-corrected chi connectivity index (χ1v) is 9.54. The highest BCUT2D eigenvalue weighted by molar-refractivity contribution is 7.89. The average molecular weight is 356 g/mol. The fraction of sp³-hybridized carbons (Fsp3) is 0.333. The fourth-order valence-corrected chi connectivity index (χ4v) is 4.68. The van der Waals surface area contributed by atoms with E-state index in [1.165, 1.54) is 4.31 Å². The van der Waals surface area contributed by atoms with E-state index >= 15 is 0 Å². The van der Waals surface area contributed by atoms with Gasteiger partial charge in [0.1, 0.15) is 11.8 Å². The van der Waals surface area contributed by atoms with Gasteiger partial charge in [-0.25, -0.2) is 13.4 Å². The molecular weight excluding hydrogens is 336 g/mol. The summed E-state index contributed by atoms with van der Waals surface area (Å²) in [5, 5.41) is 8.81. The van der Waals surface area contributed by atoms with Crippen molar-refractivity contribution in [2.75, 3.05) is 31.1 Å². The lowest BCUT2D eigenvalue weighted by atomic mass is 10.2. The Labute approximate surface area is 148 Å². The van der Waals surface area contributed by atoms with Crippen LogP contribution < -0.4 is 4.90 Å². The highest BCUT2D eigenvalue weighted by Crippen LogP contribution is 2.23. The van der Waals surface area contributed by atoms with Gasteiger partial charge in [-0.15, -0.1) is 0 Å². The van der Waals surface area contributed by atoms with Crippen molar-refractivity contribution < 1.29 is 8.42 Å². The molecule has 0 radical (unpaired) electrons. The number of nitrogens with zero attached hydrogens (tertiary/aromatic N) is 4. The normalized spacial score (nSPS) is 15.8. The number of hydrogen-bond donors (Lipinski definition) is 0. The summed E-state index contributed by atoms with van der Waals surface area (Å²) < 4.78 is 27.4. The van der Waals surface area contributed by atoms with Crippen LogP contribution in [0, 0.1) is 25.2 Å². The SMILES string of the molecule is Cc1ccc(S(=O)(=O)N2CCN(c3ccc(C#N)nc3)CC2)c(C)c1. The molecule has 0 atom stereocenters. The lowest BCUT2D eigenvalue weighted by Crippen LogP contribution is -2.48. The van der Waals surface area contributed by atoms with Crippen molar-refractivity contribution in [3.63, 3.8) is 0 Å². The lowest BCUT2D eigenvalue weighted by Gasteiger charge is -2.35. The fourth-order valence-electron chi connectivity index (χ4n) is 3.05. The highest BCUT2D eigenvalue weighted by Gasteiger charge is 2.29. The molecule has 130 valence electrons. The minimum atomic E-state index is -3.48. The van der Waals surface area contributed by atoms with Gasteiger partial charge in [0.25, 0.3) is 0 Å². The van der Waals surface area contributed by atoms with Gasteiger partial charge < -0.3 is 4.90 Å². The van der Waals surface area contributed by atoms with E-state index in [1.54, 1.807) is 18.3 Å². The molecule has 1 fully saturated rings. The summed E-state index contributed by atoms with van der Waals surface area (Å²) in [4.78, 5) is 6.54.